The summed E-state index contributed by atoms with van der Waals surface area (Å²) >= 11 is 0. The normalized spacial score (nSPS) is 36.2. The van der Waals surface area contributed by atoms with Gasteiger partial charge >= 0.3 is 5.97 Å². The summed E-state index contributed by atoms with van der Waals surface area (Å²) in [7, 11) is 6.75. The maximum atomic E-state index is 14.7. The van der Waals surface area contributed by atoms with Crippen LogP contribution >= 0.6 is 0 Å². The number of fused-ring (bicyclic) bond motifs is 3. The number of cyclic esters (lactones) is 1. The number of aromatic nitrogens is 2. The van der Waals surface area contributed by atoms with Crippen molar-refractivity contribution < 1.29 is 68.1 Å². The first-order valence-corrected chi connectivity index (χ1v) is 31.6. The quantitative estimate of drug-likeness (QED) is 0.0654. The molecular formula is C66H104N6O14. The molecule has 1 aromatic rings. The van der Waals surface area contributed by atoms with Crippen molar-refractivity contribution in [2.24, 2.45) is 40.7 Å². The van der Waals surface area contributed by atoms with Crippen LogP contribution < -0.4 is 4.90 Å². The van der Waals surface area contributed by atoms with Gasteiger partial charge in [-0.3, -0.25) is 14.4 Å². The van der Waals surface area contributed by atoms with Crippen molar-refractivity contribution in [2.45, 2.75) is 218 Å². The molecule has 4 N–H and O–H groups in total. The van der Waals surface area contributed by atoms with Crippen LogP contribution in [0, 0.1) is 35.5 Å². The Morgan fingerprint density at radius 2 is 1.55 bits per heavy atom. The fourth-order valence-corrected chi connectivity index (χ4v) is 12.8. The Hall–Kier alpha value is -4.77. The molecule has 6 rings (SSSR count). The van der Waals surface area contributed by atoms with Crippen LogP contribution in [-0.4, -0.2) is 197 Å². The summed E-state index contributed by atoms with van der Waals surface area (Å²) in [5.41, 5.74) is 1.19. The van der Waals surface area contributed by atoms with E-state index in [1.165, 1.54) is 12.0 Å². The van der Waals surface area contributed by atoms with Crippen molar-refractivity contribution in [2.75, 3.05) is 66.0 Å². The van der Waals surface area contributed by atoms with Crippen molar-refractivity contribution >= 4 is 35.1 Å². The summed E-state index contributed by atoms with van der Waals surface area (Å²) in [5, 5.41) is 51.9. The number of carbonyl (C=O) groups excluding carboxylic acids is 4. The van der Waals surface area contributed by atoms with Gasteiger partial charge in [0.15, 0.2) is 11.4 Å². The summed E-state index contributed by atoms with van der Waals surface area (Å²) in [6, 6.07) is -1.14. The summed E-state index contributed by atoms with van der Waals surface area (Å²) in [6.45, 7) is 20.2. The highest BCUT2D eigenvalue weighted by Gasteiger charge is 2.53. The number of nitrogens with zero attached hydrogens (tertiary/aromatic N) is 6. The number of hydrogen-bond donors (Lipinski definition) is 4. The summed E-state index contributed by atoms with van der Waals surface area (Å²) < 4.78 is 30.4. The molecule has 0 unspecified atom stereocenters. The van der Waals surface area contributed by atoms with E-state index in [1.54, 1.807) is 60.4 Å². The minimum absolute atomic E-state index is 0.00976. The topological polar surface area (TPSA) is 252 Å². The Bertz CT molecular complexity index is 2530. The molecule has 5 heterocycles. The number of likely N-dealkylation sites (N-methyl/N-ethyl adjacent to an activating group) is 1. The van der Waals surface area contributed by atoms with Crippen molar-refractivity contribution in [3.63, 3.8) is 0 Å². The van der Waals surface area contributed by atoms with Crippen molar-refractivity contribution in [3.05, 3.63) is 65.6 Å². The monoisotopic (exact) mass is 1200 g/mol. The van der Waals surface area contributed by atoms with Gasteiger partial charge in [-0.2, -0.15) is 0 Å². The lowest BCUT2D eigenvalue weighted by Crippen LogP contribution is -2.61. The molecule has 482 valence electrons. The first-order valence-electron chi connectivity index (χ1n) is 31.6. The van der Waals surface area contributed by atoms with E-state index in [0.717, 1.165) is 43.7 Å². The van der Waals surface area contributed by atoms with E-state index >= 15 is 0 Å². The molecule has 16 atom stereocenters. The predicted octanol–water partition coefficient (Wildman–Crippen LogP) is 7.30. The number of allylic oxidation sites excluding steroid dienone is 5. The van der Waals surface area contributed by atoms with Gasteiger partial charge < -0.3 is 63.6 Å². The second kappa shape index (κ2) is 32.6. The van der Waals surface area contributed by atoms with Gasteiger partial charge in [0.1, 0.15) is 24.4 Å². The van der Waals surface area contributed by atoms with Gasteiger partial charge in [0, 0.05) is 103 Å². The van der Waals surface area contributed by atoms with E-state index in [2.05, 4.69) is 39.8 Å². The van der Waals surface area contributed by atoms with Crippen molar-refractivity contribution in [1.29, 1.82) is 0 Å². The Labute approximate surface area is 511 Å². The molecule has 1 aliphatic carbocycles. The van der Waals surface area contributed by atoms with Crippen LogP contribution in [0.3, 0.4) is 0 Å². The van der Waals surface area contributed by atoms with Crippen LogP contribution in [-0.2, 0) is 54.1 Å². The minimum Gasteiger partial charge on any atom is -0.460 e. The molecule has 20 nitrogen and oxygen atoms in total. The Morgan fingerprint density at radius 3 is 2.22 bits per heavy atom. The van der Waals surface area contributed by atoms with Crippen LogP contribution in [0.15, 0.2) is 65.2 Å². The Morgan fingerprint density at radius 1 is 0.837 bits per heavy atom. The molecule has 4 aliphatic heterocycles. The number of anilines is 1. The van der Waals surface area contributed by atoms with Gasteiger partial charge in [-0.05, 0) is 140 Å². The number of Topliss-reactive ketones (excluding diaryl/α,β-unsaturated/α-hetero) is 2. The Kier molecular flexibility index (Phi) is 26.7. The number of oxime groups is 1. The zero-order valence-electron chi connectivity index (χ0n) is 53.8. The van der Waals surface area contributed by atoms with Gasteiger partial charge in [0.05, 0.1) is 36.2 Å². The van der Waals surface area contributed by atoms with E-state index in [1.807, 2.05) is 52.0 Å². The molecule has 1 amide bonds. The van der Waals surface area contributed by atoms with Crippen LogP contribution in [0.2, 0.25) is 0 Å². The van der Waals surface area contributed by atoms with Gasteiger partial charge in [0.25, 0.3) is 11.7 Å². The molecule has 5 aliphatic rings. The van der Waals surface area contributed by atoms with E-state index < -0.39 is 89.7 Å². The summed E-state index contributed by atoms with van der Waals surface area (Å²) in [6.07, 6.45) is 14.9. The second-order valence-electron chi connectivity index (χ2n) is 26.1. The van der Waals surface area contributed by atoms with Crippen LogP contribution in [0.5, 0.6) is 0 Å². The van der Waals surface area contributed by atoms with Crippen LogP contribution in [0.1, 0.15) is 151 Å². The average molecular weight is 1210 g/mol. The average Bonchev–Trinajstić information content (AvgIpc) is 3.69. The van der Waals surface area contributed by atoms with Gasteiger partial charge in [-0.25, -0.2) is 14.8 Å². The first-order chi connectivity index (χ1) is 40.8. The molecule has 1 saturated carbocycles. The highest BCUT2D eigenvalue weighted by atomic mass is 16.7. The third-order valence-corrected chi connectivity index (χ3v) is 18.9. The molecule has 0 aromatic carbocycles. The van der Waals surface area contributed by atoms with E-state index in [-0.39, 0.29) is 61.4 Å². The maximum absolute atomic E-state index is 14.7. The highest BCUT2D eigenvalue weighted by molar-refractivity contribution is 6.39. The minimum atomic E-state index is -2.44. The molecule has 2 bridgehead atoms. The van der Waals surface area contributed by atoms with E-state index in [0.29, 0.717) is 81.4 Å². The van der Waals surface area contributed by atoms with Crippen LogP contribution in [0.25, 0.3) is 0 Å². The van der Waals surface area contributed by atoms with Crippen molar-refractivity contribution in [1.82, 2.24) is 19.8 Å². The number of esters is 1. The largest absolute Gasteiger partial charge is 0.460 e. The number of carbonyl (C=O) groups is 4. The van der Waals surface area contributed by atoms with Gasteiger partial charge in [-0.15, -0.1) is 0 Å². The molecular weight excluding hydrogens is 1100 g/mol. The number of aliphatic hydroxyl groups excluding tert-OH is 3. The number of aliphatic hydroxyl groups is 4. The molecule has 86 heavy (non-hydrogen) atoms. The lowest BCUT2D eigenvalue weighted by atomic mass is 9.78. The molecule has 0 radical (unpaired) electrons. The van der Waals surface area contributed by atoms with Gasteiger partial charge in [-0.1, -0.05) is 76.2 Å². The molecule has 1 aromatic heterocycles. The number of rotatable bonds is 13. The molecule has 4 fully saturated rings. The maximum Gasteiger partial charge on any atom is 0.329 e. The standard InChI is InChI=1S/C66H104N6O14/c1-41-19-15-14-16-20-42(2)54(81-11)37-50-25-22-47(7)66(80,85-50)61(77)62(78)72-28-18-17-21-51(72)63(79)84-55(44(4)35-48-23-26-52(73)56(36-48)82-12)38-53(74)43(3)34-46(6)59(76)60(83-13)58(45(5)33-41)69-86-65(8,9)57(75)27-24-49-39-67-64(68-40-49)71-31-29-70(10)30-32-71/h14-16,19-20,34,39-41,43-45,47-48,50-56,59-60,73-74,76,80H,17-18,21-33,35-38H2,1-13H3/b16-14+,19-15+,42-20+,46-34+,69-58?/t41-,43-,44-,45-,47-,48+,50+,51+,52-,53-,54+,55+,56-,59-,60+,66-/m1/s1. The molecule has 0 spiro atoms. The fraction of sp³-hybridized carbons (Fsp3) is 0.742. The van der Waals surface area contributed by atoms with E-state index in [9.17, 15) is 39.6 Å². The van der Waals surface area contributed by atoms with Crippen molar-refractivity contribution in [3.8, 4) is 0 Å². The Balaban J connectivity index is 1.31. The lowest BCUT2D eigenvalue weighted by molar-refractivity contribution is -0.265. The number of aryl methyl sites for hydroxylation is 1. The number of piperidine rings is 1. The zero-order valence-corrected chi connectivity index (χ0v) is 53.8. The number of methoxy groups -OCH3 is 3. The fourth-order valence-electron chi connectivity index (χ4n) is 12.8. The highest BCUT2D eigenvalue weighted by Crippen LogP contribution is 2.38. The molecule has 20 heteroatoms. The smallest absolute Gasteiger partial charge is 0.329 e. The predicted molar refractivity (Wildman–Crippen MR) is 329 cm³/mol. The number of ether oxygens (including phenoxy) is 5. The SMILES string of the molecule is CO[C@H]1C[C@@H]2CC[C@@H](C)[C@@](O)(O2)C(=O)C(=O)N2CCCC[C@H]2C(=O)O[C@H]([C@H](C)C[C@@H]2CC[C@@H](O)[C@H](OC)C2)C[C@@H](O)[C@H](C)/C=C(\C)[C@@H](O)[C@@H](OC)C(=NOC(C)(C)C(=O)CCc2cnc(N3CCN(C)CC3)nc2)[C@H](C)C[C@H](C)/C=C/C=C/C=C/1C. The molecule has 3 saturated heterocycles. The lowest BCUT2D eigenvalue weighted by Gasteiger charge is -2.43. The first kappa shape index (κ1) is 70.3. The summed E-state index contributed by atoms with van der Waals surface area (Å²) in [4.78, 5) is 78.6. The number of hydrogen-bond acceptors (Lipinski definition) is 19. The third kappa shape index (κ3) is 18.9. The number of ketones is 2. The number of amides is 1. The number of piperazine rings is 1. The van der Waals surface area contributed by atoms with Gasteiger partial charge in [0.2, 0.25) is 11.7 Å². The van der Waals surface area contributed by atoms with E-state index in [4.69, 9.17) is 33.7 Å². The third-order valence-electron chi connectivity index (χ3n) is 18.9. The second-order valence-corrected chi connectivity index (χ2v) is 26.1. The van der Waals surface area contributed by atoms with Crippen LogP contribution in [0.4, 0.5) is 5.95 Å². The summed E-state index contributed by atoms with van der Waals surface area (Å²) in [5.74, 6) is -6.70. The zero-order chi connectivity index (χ0) is 63.0.